The number of anilines is 1. The Morgan fingerprint density at radius 2 is 1.97 bits per heavy atom. The first kappa shape index (κ1) is 26.6. The Kier molecular flexibility index (Phi) is 8.26. The van der Waals surface area contributed by atoms with E-state index in [9.17, 15) is 9.59 Å². The first-order valence-corrected chi connectivity index (χ1v) is 15.0. The Bertz CT molecular complexity index is 1310. The number of imidazole rings is 1. The average Bonchev–Trinajstić information content (AvgIpc) is 3.56. The van der Waals surface area contributed by atoms with Gasteiger partial charge in [-0.25, -0.2) is 14.8 Å². The van der Waals surface area contributed by atoms with Crippen molar-refractivity contribution in [1.29, 1.82) is 0 Å². The molecule has 2 aliphatic rings. The molecular weight excluding hydrogens is 498 g/mol. The molecule has 2 saturated heterocycles. The molecule has 204 valence electrons. The number of pyridine rings is 1. The number of thioether (sulfide) groups is 1. The molecule has 0 spiro atoms. The lowest BCUT2D eigenvalue weighted by Gasteiger charge is -2.27. The lowest BCUT2D eigenvalue weighted by Crippen LogP contribution is -2.40. The fourth-order valence-electron chi connectivity index (χ4n) is 6.12. The summed E-state index contributed by atoms with van der Waals surface area (Å²) in [6.45, 7) is 3.07. The number of nitrogens with two attached hydrogens (primary N) is 2. The van der Waals surface area contributed by atoms with E-state index in [1.54, 1.807) is 0 Å². The van der Waals surface area contributed by atoms with Crippen molar-refractivity contribution >= 4 is 51.5 Å². The van der Waals surface area contributed by atoms with Crippen molar-refractivity contribution in [3.05, 3.63) is 30.1 Å². The van der Waals surface area contributed by atoms with Crippen LogP contribution in [0.3, 0.4) is 0 Å². The molecule has 0 bridgehead atoms. The van der Waals surface area contributed by atoms with Crippen molar-refractivity contribution in [1.82, 2.24) is 25.2 Å². The Balaban J connectivity index is 1.32. The average molecular weight is 538 g/mol. The number of nitrogens with one attached hydrogen (secondary N) is 2. The normalized spacial score (nSPS) is 21.5. The standard InChI is InChI=1S/C28H39N7O2S/c1-2-3-14-22-33-24-25(18-11-4-5-12-19(18)31-27(24)30)35(22)15-7-6-9-17(10-8-13-21(29)36)26-23-20(16-38-26)32-28(37)34-23/h4-5,11-12,17,20,23,26H,2-3,6-10,13-16H2,1H3,(H2,29,36)(H2,30,31)(H2,32,34,37). The molecule has 38 heavy (non-hydrogen) atoms. The van der Waals surface area contributed by atoms with Gasteiger partial charge in [0.25, 0.3) is 0 Å². The Labute approximate surface area is 227 Å². The van der Waals surface area contributed by atoms with Crippen LogP contribution in [0.2, 0.25) is 0 Å². The highest BCUT2D eigenvalue weighted by Gasteiger charge is 2.45. The number of nitrogens with zero attached hydrogens (tertiary/aromatic N) is 3. The maximum Gasteiger partial charge on any atom is 0.315 e. The first-order chi connectivity index (χ1) is 18.5. The summed E-state index contributed by atoms with van der Waals surface area (Å²) < 4.78 is 2.37. The number of carbonyl (C=O) groups excluding carboxylic acids is 2. The third-order valence-corrected chi connectivity index (χ3v) is 9.60. The number of hydrogen-bond donors (Lipinski definition) is 4. The number of aryl methyl sites for hydroxylation is 2. The molecule has 2 aliphatic heterocycles. The number of fused-ring (bicyclic) bond motifs is 4. The summed E-state index contributed by atoms with van der Waals surface area (Å²) in [5, 5.41) is 7.63. The van der Waals surface area contributed by atoms with Crippen molar-refractivity contribution in [2.75, 3.05) is 11.5 Å². The molecule has 3 amide bonds. The minimum atomic E-state index is -0.246. The number of rotatable bonds is 13. The van der Waals surface area contributed by atoms with Crippen LogP contribution in [-0.2, 0) is 17.8 Å². The third-order valence-electron chi connectivity index (χ3n) is 7.98. The van der Waals surface area contributed by atoms with Crippen molar-refractivity contribution < 1.29 is 9.59 Å². The number of para-hydroxylation sites is 1. The highest BCUT2D eigenvalue weighted by molar-refractivity contribution is 8.00. The van der Waals surface area contributed by atoms with Gasteiger partial charge in [0.15, 0.2) is 5.82 Å². The summed E-state index contributed by atoms with van der Waals surface area (Å²) in [5.41, 5.74) is 14.6. The summed E-state index contributed by atoms with van der Waals surface area (Å²) in [6.07, 6.45) is 8.39. The van der Waals surface area contributed by atoms with Crippen LogP contribution < -0.4 is 22.1 Å². The number of urea groups is 1. The Morgan fingerprint density at radius 3 is 2.79 bits per heavy atom. The van der Waals surface area contributed by atoms with Gasteiger partial charge in [0.05, 0.1) is 23.1 Å². The van der Waals surface area contributed by atoms with Crippen LogP contribution in [0.5, 0.6) is 0 Å². The fourth-order valence-corrected chi connectivity index (χ4v) is 7.84. The second-order valence-corrected chi connectivity index (χ2v) is 11.9. The molecule has 0 saturated carbocycles. The van der Waals surface area contributed by atoms with Gasteiger partial charge >= 0.3 is 6.03 Å². The zero-order valence-corrected chi connectivity index (χ0v) is 22.9. The van der Waals surface area contributed by atoms with Gasteiger partial charge in [0.1, 0.15) is 11.3 Å². The number of aromatic nitrogens is 3. The monoisotopic (exact) mass is 537 g/mol. The predicted molar refractivity (Wildman–Crippen MR) is 154 cm³/mol. The minimum Gasteiger partial charge on any atom is -0.382 e. The molecule has 4 atom stereocenters. The van der Waals surface area contributed by atoms with E-state index < -0.39 is 0 Å². The van der Waals surface area contributed by atoms with Crippen LogP contribution >= 0.6 is 11.8 Å². The first-order valence-electron chi connectivity index (χ1n) is 14.0. The maximum absolute atomic E-state index is 11.9. The molecule has 5 rings (SSSR count). The number of nitrogen functional groups attached to an aromatic ring is 1. The molecule has 9 nitrogen and oxygen atoms in total. The molecule has 4 unspecified atom stereocenters. The van der Waals surface area contributed by atoms with Crippen molar-refractivity contribution in [3.63, 3.8) is 0 Å². The van der Waals surface area contributed by atoms with Gasteiger partial charge in [-0.3, -0.25) is 4.79 Å². The second-order valence-electron chi connectivity index (χ2n) is 10.7. The van der Waals surface area contributed by atoms with E-state index in [1.165, 1.54) is 0 Å². The lowest BCUT2D eigenvalue weighted by molar-refractivity contribution is -0.118. The van der Waals surface area contributed by atoms with Crippen molar-refractivity contribution in [2.24, 2.45) is 11.7 Å². The summed E-state index contributed by atoms with van der Waals surface area (Å²) in [7, 11) is 0. The van der Waals surface area contributed by atoms with Gasteiger partial charge < -0.3 is 26.7 Å². The molecule has 3 aromatic rings. The highest BCUT2D eigenvalue weighted by Crippen LogP contribution is 2.39. The molecule has 2 fully saturated rings. The van der Waals surface area contributed by atoms with Gasteiger partial charge in [-0.05, 0) is 44.1 Å². The van der Waals surface area contributed by atoms with Crippen LogP contribution in [0.1, 0.15) is 64.1 Å². The van der Waals surface area contributed by atoms with Crippen molar-refractivity contribution in [3.8, 4) is 0 Å². The van der Waals surface area contributed by atoms with Gasteiger partial charge in [-0.15, -0.1) is 0 Å². The van der Waals surface area contributed by atoms with Gasteiger partial charge in [0, 0.05) is 35.8 Å². The van der Waals surface area contributed by atoms with Crippen LogP contribution in [0.15, 0.2) is 24.3 Å². The van der Waals surface area contributed by atoms with Crippen LogP contribution in [0.4, 0.5) is 10.6 Å². The second kappa shape index (κ2) is 11.8. The molecule has 0 aliphatic carbocycles. The maximum atomic E-state index is 11.9. The molecule has 6 N–H and O–H groups in total. The number of hydrogen-bond acceptors (Lipinski definition) is 6. The van der Waals surface area contributed by atoms with E-state index in [-0.39, 0.29) is 24.0 Å². The predicted octanol–water partition coefficient (Wildman–Crippen LogP) is 4.12. The zero-order valence-electron chi connectivity index (χ0n) is 22.1. The lowest BCUT2D eigenvalue weighted by atomic mass is 9.87. The van der Waals surface area contributed by atoms with E-state index in [2.05, 4.69) is 33.2 Å². The number of amides is 3. The summed E-state index contributed by atoms with van der Waals surface area (Å²) >= 11 is 1.95. The van der Waals surface area contributed by atoms with Crippen LogP contribution in [0, 0.1) is 5.92 Å². The molecule has 0 radical (unpaired) electrons. The minimum absolute atomic E-state index is 0.0613. The molecule has 1 aromatic carbocycles. The SMILES string of the molecule is CCCCc1nc2c(N)nc3ccccc3c2n1CCCCC(CCCC(N)=O)C1SCC2NC(=O)NC21. The van der Waals surface area contributed by atoms with Gasteiger partial charge in [0.2, 0.25) is 5.91 Å². The number of carbonyl (C=O) groups is 2. The van der Waals surface area contributed by atoms with Crippen LogP contribution in [-0.4, -0.2) is 49.6 Å². The molecule has 2 aromatic heterocycles. The van der Waals surface area contributed by atoms with E-state index in [0.29, 0.717) is 23.4 Å². The zero-order chi connectivity index (χ0) is 26.6. The smallest absolute Gasteiger partial charge is 0.315 e. The van der Waals surface area contributed by atoms with Gasteiger partial charge in [-0.2, -0.15) is 11.8 Å². The summed E-state index contributed by atoms with van der Waals surface area (Å²) in [5.74, 6) is 2.69. The summed E-state index contributed by atoms with van der Waals surface area (Å²) in [4.78, 5) is 32.9. The topological polar surface area (TPSA) is 141 Å². The number of primary amides is 1. The fraction of sp³-hybridized carbons (Fsp3) is 0.571. The van der Waals surface area contributed by atoms with E-state index in [1.807, 2.05) is 30.0 Å². The van der Waals surface area contributed by atoms with Gasteiger partial charge in [-0.1, -0.05) is 38.0 Å². The summed E-state index contributed by atoms with van der Waals surface area (Å²) in [6, 6.07) is 8.45. The Morgan fingerprint density at radius 1 is 1.16 bits per heavy atom. The number of unbranched alkanes of at least 4 members (excludes halogenated alkanes) is 2. The van der Waals surface area contributed by atoms with E-state index in [4.69, 9.17) is 16.5 Å². The quantitative estimate of drug-likeness (QED) is 0.191. The highest BCUT2D eigenvalue weighted by atomic mass is 32.2. The Hall–Kier alpha value is -3.01. The number of benzene rings is 1. The third kappa shape index (κ3) is 5.55. The largest absolute Gasteiger partial charge is 0.382 e. The van der Waals surface area contributed by atoms with Crippen molar-refractivity contribution in [2.45, 2.75) is 88.6 Å². The molecule has 10 heteroatoms. The van der Waals surface area contributed by atoms with E-state index >= 15 is 0 Å². The van der Waals surface area contributed by atoms with Crippen LogP contribution in [0.25, 0.3) is 21.9 Å². The van der Waals surface area contributed by atoms with E-state index in [0.717, 1.165) is 91.4 Å². The molecular formula is C28H39N7O2S. The molecule has 4 heterocycles.